The van der Waals surface area contributed by atoms with E-state index in [1.165, 1.54) is 18.4 Å². The lowest BCUT2D eigenvalue weighted by molar-refractivity contribution is 0.775. The Bertz CT molecular complexity index is 757. The van der Waals surface area contributed by atoms with Crippen LogP contribution in [0.4, 0.5) is 0 Å². The molecule has 1 aliphatic carbocycles. The highest BCUT2D eigenvalue weighted by atomic mass is 15.1. The summed E-state index contributed by atoms with van der Waals surface area (Å²) >= 11 is 0. The summed E-state index contributed by atoms with van der Waals surface area (Å²) in [7, 11) is 0. The van der Waals surface area contributed by atoms with E-state index in [4.69, 9.17) is 10.7 Å². The second-order valence-electron chi connectivity index (χ2n) is 5.31. The van der Waals surface area contributed by atoms with Crippen LogP contribution in [0.5, 0.6) is 0 Å². The number of benzene rings is 1. The average Bonchev–Trinajstić information content (AvgIpc) is 3.27. The van der Waals surface area contributed by atoms with Gasteiger partial charge in [-0.2, -0.15) is 0 Å². The molecule has 0 unspecified atom stereocenters. The van der Waals surface area contributed by atoms with Crippen LogP contribution in [0.25, 0.3) is 22.4 Å². The molecule has 0 spiro atoms. The second-order valence-corrected chi connectivity index (χ2v) is 5.31. The van der Waals surface area contributed by atoms with Gasteiger partial charge in [0.15, 0.2) is 0 Å². The predicted molar refractivity (Wildman–Crippen MR) is 79.1 cm³/mol. The molecule has 1 aromatic carbocycles. The van der Waals surface area contributed by atoms with Crippen LogP contribution in [-0.2, 0) is 6.54 Å². The van der Waals surface area contributed by atoms with E-state index in [-0.39, 0.29) is 0 Å². The summed E-state index contributed by atoms with van der Waals surface area (Å²) in [5, 5.41) is 0. The summed E-state index contributed by atoms with van der Waals surface area (Å²) in [4.78, 5) is 9.03. The van der Waals surface area contributed by atoms with Gasteiger partial charge in [-0.3, -0.25) is 4.98 Å². The van der Waals surface area contributed by atoms with Crippen molar-refractivity contribution in [3.8, 4) is 11.4 Å². The van der Waals surface area contributed by atoms with Crippen LogP contribution in [-0.4, -0.2) is 14.5 Å². The first-order chi connectivity index (χ1) is 9.86. The Morgan fingerprint density at radius 2 is 2.15 bits per heavy atom. The molecule has 100 valence electrons. The fourth-order valence-electron chi connectivity index (χ4n) is 2.67. The van der Waals surface area contributed by atoms with E-state index in [0.29, 0.717) is 12.6 Å². The summed E-state index contributed by atoms with van der Waals surface area (Å²) in [6, 6.07) is 10.9. The van der Waals surface area contributed by atoms with Crippen molar-refractivity contribution in [3.05, 3.63) is 48.3 Å². The minimum absolute atomic E-state index is 0.550. The van der Waals surface area contributed by atoms with E-state index in [1.54, 1.807) is 6.20 Å². The third kappa shape index (κ3) is 1.80. The number of hydrogen-bond acceptors (Lipinski definition) is 3. The predicted octanol–water partition coefficient (Wildman–Crippen LogP) is 2.89. The van der Waals surface area contributed by atoms with Gasteiger partial charge in [0.05, 0.1) is 11.0 Å². The molecule has 0 aliphatic heterocycles. The van der Waals surface area contributed by atoms with Crippen LogP contribution in [0.15, 0.2) is 42.7 Å². The maximum atomic E-state index is 5.72. The van der Waals surface area contributed by atoms with Gasteiger partial charge in [-0.15, -0.1) is 0 Å². The van der Waals surface area contributed by atoms with E-state index in [0.717, 1.165) is 22.5 Å². The van der Waals surface area contributed by atoms with E-state index in [9.17, 15) is 0 Å². The number of pyridine rings is 1. The third-order valence-corrected chi connectivity index (χ3v) is 3.82. The number of fused-ring (bicyclic) bond motifs is 1. The number of imidazole rings is 1. The zero-order chi connectivity index (χ0) is 13.5. The smallest absolute Gasteiger partial charge is 0.142 e. The summed E-state index contributed by atoms with van der Waals surface area (Å²) in [6.07, 6.45) is 6.14. The first kappa shape index (κ1) is 11.6. The van der Waals surface area contributed by atoms with Crippen molar-refractivity contribution >= 4 is 11.0 Å². The quantitative estimate of drug-likeness (QED) is 0.791. The summed E-state index contributed by atoms with van der Waals surface area (Å²) in [6.45, 7) is 0.550. The highest BCUT2D eigenvalue weighted by molar-refractivity contribution is 5.81. The Morgan fingerprint density at radius 1 is 1.25 bits per heavy atom. The zero-order valence-electron chi connectivity index (χ0n) is 11.2. The highest BCUT2D eigenvalue weighted by Crippen LogP contribution is 2.41. The van der Waals surface area contributed by atoms with E-state index in [2.05, 4.69) is 33.8 Å². The number of nitrogens with zero attached hydrogens (tertiary/aromatic N) is 3. The minimum Gasteiger partial charge on any atom is -0.326 e. The van der Waals surface area contributed by atoms with Crippen molar-refractivity contribution in [2.75, 3.05) is 0 Å². The van der Waals surface area contributed by atoms with Crippen molar-refractivity contribution in [3.63, 3.8) is 0 Å². The average molecular weight is 264 g/mol. The minimum atomic E-state index is 0.550. The Kier molecular flexibility index (Phi) is 2.57. The van der Waals surface area contributed by atoms with E-state index in [1.807, 2.05) is 12.3 Å². The zero-order valence-corrected chi connectivity index (χ0v) is 11.2. The van der Waals surface area contributed by atoms with Gasteiger partial charge in [0.2, 0.25) is 0 Å². The van der Waals surface area contributed by atoms with Crippen LogP contribution < -0.4 is 5.73 Å². The number of rotatable bonds is 3. The van der Waals surface area contributed by atoms with Gasteiger partial charge in [-0.05, 0) is 42.7 Å². The largest absolute Gasteiger partial charge is 0.326 e. The molecule has 1 aliphatic rings. The second kappa shape index (κ2) is 4.42. The lowest BCUT2D eigenvalue weighted by atomic mass is 10.2. The Balaban J connectivity index is 1.97. The van der Waals surface area contributed by atoms with E-state index >= 15 is 0 Å². The molecule has 2 heterocycles. The van der Waals surface area contributed by atoms with Crippen molar-refractivity contribution in [1.82, 2.24) is 14.5 Å². The third-order valence-electron chi connectivity index (χ3n) is 3.82. The van der Waals surface area contributed by atoms with Gasteiger partial charge < -0.3 is 10.3 Å². The molecule has 4 nitrogen and oxygen atoms in total. The standard InChI is InChI=1S/C16H16N4/c17-9-11-3-6-15-14(8-11)19-16(20(15)13-4-5-13)12-2-1-7-18-10-12/h1-3,6-8,10,13H,4-5,9,17H2. The normalized spacial score (nSPS) is 14.8. The molecule has 0 saturated heterocycles. The first-order valence-electron chi connectivity index (χ1n) is 6.98. The molecule has 20 heavy (non-hydrogen) atoms. The fraction of sp³-hybridized carbons (Fsp3) is 0.250. The van der Waals surface area contributed by atoms with Crippen LogP contribution >= 0.6 is 0 Å². The van der Waals surface area contributed by atoms with Crippen LogP contribution in [0.2, 0.25) is 0 Å². The molecule has 0 bridgehead atoms. The van der Waals surface area contributed by atoms with Crippen molar-refractivity contribution in [2.24, 2.45) is 5.73 Å². The molecule has 4 heteroatoms. The topological polar surface area (TPSA) is 56.7 Å². The van der Waals surface area contributed by atoms with Crippen molar-refractivity contribution < 1.29 is 0 Å². The fourth-order valence-corrected chi connectivity index (χ4v) is 2.67. The summed E-state index contributed by atoms with van der Waals surface area (Å²) in [5.74, 6) is 1.02. The number of hydrogen-bond donors (Lipinski definition) is 1. The first-order valence-corrected chi connectivity index (χ1v) is 6.98. The molecule has 1 saturated carbocycles. The molecule has 2 N–H and O–H groups in total. The molecule has 4 rings (SSSR count). The molecular weight excluding hydrogens is 248 g/mol. The van der Waals surface area contributed by atoms with Crippen LogP contribution in [0, 0.1) is 0 Å². The lowest BCUT2D eigenvalue weighted by Gasteiger charge is -2.07. The Morgan fingerprint density at radius 3 is 2.85 bits per heavy atom. The monoisotopic (exact) mass is 264 g/mol. The molecular formula is C16H16N4. The molecule has 3 aromatic rings. The van der Waals surface area contributed by atoms with Gasteiger partial charge in [0.1, 0.15) is 5.82 Å². The van der Waals surface area contributed by atoms with E-state index < -0.39 is 0 Å². The lowest BCUT2D eigenvalue weighted by Crippen LogP contribution is -1.98. The molecule has 0 atom stereocenters. The van der Waals surface area contributed by atoms with Crippen molar-refractivity contribution in [2.45, 2.75) is 25.4 Å². The number of nitrogens with two attached hydrogens (primary N) is 1. The summed E-state index contributed by atoms with van der Waals surface area (Å²) in [5.41, 5.74) is 10.1. The van der Waals surface area contributed by atoms with Gasteiger partial charge in [0.25, 0.3) is 0 Å². The van der Waals surface area contributed by atoms with Gasteiger partial charge in [-0.25, -0.2) is 4.98 Å². The SMILES string of the molecule is NCc1ccc2c(c1)nc(-c1cccnc1)n2C1CC1. The molecule has 2 aromatic heterocycles. The molecule has 1 fully saturated rings. The summed E-state index contributed by atoms with van der Waals surface area (Å²) < 4.78 is 2.35. The number of aromatic nitrogens is 3. The van der Waals surface area contributed by atoms with Gasteiger partial charge in [-0.1, -0.05) is 6.07 Å². The molecule has 0 amide bonds. The Hall–Kier alpha value is -2.20. The van der Waals surface area contributed by atoms with Crippen molar-refractivity contribution in [1.29, 1.82) is 0 Å². The maximum Gasteiger partial charge on any atom is 0.142 e. The maximum absolute atomic E-state index is 5.72. The highest BCUT2D eigenvalue weighted by Gasteiger charge is 2.28. The molecule has 0 radical (unpaired) electrons. The Labute approximate surface area is 117 Å². The van der Waals surface area contributed by atoms with Crippen LogP contribution in [0.1, 0.15) is 24.4 Å². The van der Waals surface area contributed by atoms with Gasteiger partial charge in [0, 0.05) is 30.5 Å². The van der Waals surface area contributed by atoms with Crippen LogP contribution in [0.3, 0.4) is 0 Å². The van der Waals surface area contributed by atoms with Gasteiger partial charge >= 0.3 is 0 Å².